The summed E-state index contributed by atoms with van der Waals surface area (Å²) in [4.78, 5) is 15.8. The van der Waals surface area contributed by atoms with Crippen LogP contribution in [0.2, 0.25) is 0 Å². The van der Waals surface area contributed by atoms with Crippen LogP contribution in [0.15, 0.2) is 6.07 Å². The van der Waals surface area contributed by atoms with Gasteiger partial charge in [0, 0.05) is 5.39 Å². The van der Waals surface area contributed by atoms with Gasteiger partial charge in [-0.1, -0.05) is 0 Å². The number of anilines is 2. The minimum absolute atomic E-state index is 0.118. The minimum Gasteiger partial charge on any atom is -0.397 e. The quantitative estimate of drug-likeness (QED) is 0.657. The monoisotopic (exact) mass is 233 g/mol. The Morgan fingerprint density at radius 3 is 2.75 bits per heavy atom. The molecule has 0 fully saturated rings. The Labute approximate surface area is 94.3 Å². The molecule has 0 saturated carbocycles. The second-order valence-electron chi connectivity index (χ2n) is 3.09. The maximum Gasteiger partial charge on any atom is 0.260 e. The molecule has 6 N–H and O–H groups in total. The van der Waals surface area contributed by atoms with Crippen molar-refractivity contribution >= 4 is 39.0 Å². The Morgan fingerprint density at radius 1 is 1.50 bits per heavy atom. The molecule has 2 aromatic heterocycles. The van der Waals surface area contributed by atoms with Gasteiger partial charge in [0.2, 0.25) is 0 Å². The highest BCUT2D eigenvalue weighted by Crippen LogP contribution is 2.33. The molecule has 16 heavy (non-hydrogen) atoms. The van der Waals surface area contributed by atoms with E-state index in [4.69, 9.17) is 22.5 Å². The zero-order valence-electron chi connectivity index (χ0n) is 8.02. The molecule has 80 valence electrons. The molecular weight excluding hydrogens is 226 g/mol. The van der Waals surface area contributed by atoms with Gasteiger partial charge >= 0.3 is 0 Å². The van der Waals surface area contributed by atoms with E-state index in [0.29, 0.717) is 10.2 Å². The average molecular weight is 233 g/mol. The van der Waals surface area contributed by atoms with Gasteiger partial charge < -0.3 is 17.2 Å². The van der Waals surface area contributed by atoms with Crippen molar-refractivity contribution in [2.24, 2.45) is 5.73 Å². The summed E-state index contributed by atoms with van der Waals surface area (Å²) in [7, 11) is 0. The van der Waals surface area contributed by atoms with E-state index in [1.165, 1.54) is 6.07 Å². The third-order valence-electron chi connectivity index (χ3n) is 2.09. The standard InChI is InChI=1S/C9H7N5OS/c10-2-3-1-4-5(11)6(8(13)15)16-9(4)14-7(3)12/h1H,11H2,(H2,12,14)(H2,13,15). The number of hydrogen-bond donors (Lipinski definition) is 3. The number of nitrogens with two attached hydrogens (primary N) is 3. The van der Waals surface area contributed by atoms with Crippen molar-refractivity contribution < 1.29 is 4.79 Å². The Bertz CT molecular complexity index is 639. The highest BCUT2D eigenvalue weighted by Gasteiger charge is 2.16. The number of carbonyl (C=O) groups is 1. The number of nitrogens with zero attached hydrogens (tertiary/aromatic N) is 2. The van der Waals surface area contributed by atoms with Crippen LogP contribution in [0.4, 0.5) is 11.5 Å². The summed E-state index contributed by atoms with van der Waals surface area (Å²) in [5, 5.41) is 9.32. The minimum atomic E-state index is -0.613. The molecular formula is C9H7N5OS. The van der Waals surface area contributed by atoms with Gasteiger partial charge in [0.1, 0.15) is 21.6 Å². The number of primary amides is 1. The molecule has 0 bridgehead atoms. The summed E-state index contributed by atoms with van der Waals surface area (Å²) >= 11 is 1.07. The molecule has 2 heterocycles. The Morgan fingerprint density at radius 2 is 2.19 bits per heavy atom. The van der Waals surface area contributed by atoms with Crippen LogP contribution in [0.1, 0.15) is 15.2 Å². The first-order chi connectivity index (χ1) is 7.54. The zero-order valence-corrected chi connectivity index (χ0v) is 8.84. The smallest absolute Gasteiger partial charge is 0.260 e. The van der Waals surface area contributed by atoms with Crippen LogP contribution in [-0.4, -0.2) is 10.9 Å². The lowest BCUT2D eigenvalue weighted by atomic mass is 10.2. The van der Waals surface area contributed by atoms with E-state index in [9.17, 15) is 4.79 Å². The number of nitriles is 1. The van der Waals surface area contributed by atoms with Gasteiger partial charge in [-0.05, 0) is 6.07 Å². The predicted molar refractivity (Wildman–Crippen MR) is 61.7 cm³/mol. The fourth-order valence-electron chi connectivity index (χ4n) is 1.33. The zero-order chi connectivity index (χ0) is 11.9. The molecule has 0 radical (unpaired) electrons. The van der Waals surface area contributed by atoms with Gasteiger partial charge in [0.15, 0.2) is 0 Å². The Hall–Kier alpha value is -2.33. The van der Waals surface area contributed by atoms with Crippen molar-refractivity contribution in [2.75, 3.05) is 11.5 Å². The molecule has 0 atom stereocenters. The van der Waals surface area contributed by atoms with Crippen molar-refractivity contribution in [3.8, 4) is 6.07 Å². The van der Waals surface area contributed by atoms with Crippen LogP contribution in [-0.2, 0) is 0 Å². The summed E-state index contributed by atoms with van der Waals surface area (Å²) in [6.07, 6.45) is 0. The Kier molecular flexibility index (Phi) is 2.14. The van der Waals surface area contributed by atoms with Gasteiger partial charge in [-0.15, -0.1) is 11.3 Å². The van der Waals surface area contributed by atoms with Gasteiger partial charge in [0.05, 0.1) is 11.3 Å². The van der Waals surface area contributed by atoms with Crippen LogP contribution in [0.3, 0.4) is 0 Å². The molecule has 0 aliphatic carbocycles. The largest absolute Gasteiger partial charge is 0.397 e. The van der Waals surface area contributed by atoms with Crippen LogP contribution >= 0.6 is 11.3 Å². The highest BCUT2D eigenvalue weighted by molar-refractivity contribution is 7.21. The third-order valence-corrected chi connectivity index (χ3v) is 3.22. The molecule has 0 saturated heterocycles. The maximum absolute atomic E-state index is 11.1. The third kappa shape index (κ3) is 1.32. The fourth-order valence-corrected chi connectivity index (χ4v) is 2.26. The van der Waals surface area contributed by atoms with E-state index >= 15 is 0 Å². The first kappa shape index (κ1) is 10.2. The van der Waals surface area contributed by atoms with E-state index in [1.807, 2.05) is 6.07 Å². The summed E-state index contributed by atoms with van der Waals surface area (Å²) in [6.45, 7) is 0. The summed E-state index contributed by atoms with van der Waals surface area (Å²) in [5.41, 5.74) is 16.9. The first-order valence-corrected chi connectivity index (χ1v) is 5.04. The number of carbonyl (C=O) groups excluding carboxylic acids is 1. The van der Waals surface area contributed by atoms with E-state index in [2.05, 4.69) is 4.98 Å². The summed E-state index contributed by atoms with van der Waals surface area (Å²) in [6, 6.07) is 3.41. The van der Waals surface area contributed by atoms with E-state index in [-0.39, 0.29) is 21.9 Å². The predicted octanol–water partition coefficient (Wildman–Crippen LogP) is 0.431. The number of pyridine rings is 1. The molecule has 6 nitrogen and oxygen atoms in total. The van der Waals surface area contributed by atoms with Crippen molar-refractivity contribution in [2.45, 2.75) is 0 Å². The number of nitrogen functional groups attached to an aromatic ring is 2. The molecule has 2 rings (SSSR count). The maximum atomic E-state index is 11.1. The summed E-state index contributed by atoms with van der Waals surface area (Å²) in [5.74, 6) is -0.496. The SMILES string of the molecule is N#Cc1cc2c(N)c(C(N)=O)sc2nc1N. The van der Waals surface area contributed by atoms with Crippen molar-refractivity contribution in [3.05, 3.63) is 16.5 Å². The fraction of sp³-hybridized carbons (Fsp3) is 0. The lowest BCUT2D eigenvalue weighted by Crippen LogP contribution is -2.10. The lowest BCUT2D eigenvalue weighted by Gasteiger charge is -1.96. The second-order valence-corrected chi connectivity index (χ2v) is 4.09. The average Bonchev–Trinajstić information content (AvgIpc) is 2.54. The number of thiophene rings is 1. The molecule has 0 aromatic carbocycles. The van der Waals surface area contributed by atoms with E-state index in [1.54, 1.807) is 0 Å². The number of aromatic nitrogens is 1. The lowest BCUT2D eigenvalue weighted by molar-refractivity contribution is 0.100. The summed E-state index contributed by atoms with van der Waals surface area (Å²) < 4.78 is 0. The number of hydrogen-bond acceptors (Lipinski definition) is 6. The molecule has 0 aliphatic rings. The van der Waals surface area contributed by atoms with Crippen LogP contribution in [0, 0.1) is 11.3 Å². The molecule has 2 aromatic rings. The second kappa shape index (κ2) is 3.36. The van der Waals surface area contributed by atoms with Crippen LogP contribution in [0.25, 0.3) is 10.2 Å². The Balaban J connectivity index is 2.84. The van der Waals surface area contributed by atoms with Gasteiger partial charge in [-0.2, -0.15) is 5.26 Å². The van der Waals surface area contributed by atoms with E-state index < -0.39 is 5.91 Å². The number of fused-ring (bicyclic) bond motifs is 1. The van der Waals surface area contributed by atoms with Crippen molar-refractivity contribution in [1.29, 1.82) is 5.26 Å². The normalized spacial score (nSPS) is 10.2. The van der Waals surface area contributed by atoms with E-state index in [0.717, 1.165) is 11.3 Å². The van der Waals surface area contributed by atoms with Crippen LogP contribution < -0.4 is 17.2 Å². The molecule has 1 amide bonds. The number of amides is 1. The van der Waals surface area contributed by atoms with Crippen molar-refractivity contribution in [1.82, 2.24) is 4.98 Å². The molecule has 0 unspecified atom stereocenters. The topological polar surface area (TPSA) is 132 Å². The van der Waals surface area contributed by atoms with Gasteiger partial charge in [0.25, 0.3) is 5.91 Å². The highest BCUT2D eigenvalue weighted by atomic mass is 32.1. The molecule has 0 spiro atoms. The van der Waals surface area contributed by atoms with Crippen molar-refractivity contribution in [3.63, 3.8) is 0 Å². The number of rotatable bonds is 1. The van der Waals surface area contributed by atoms with Crippen LogP contribution in [0.5, 0.6) is 0 Å². The molecule has 7 heteroatoms. The van der Waals surface area contributed by atoms with Gasteiger partial charge in [-0.25, -0.2) is 4.98 Å². The molecule has 0 aliphatic heterocycles. The first-order valence-electron chi connectivity index (χ1n) is 4.23. The van der Waals surface area contributed by atoms with Gasteiger partial charge in [-0.3, -0.25) is 4.79 Å².